The smallest absolute Gasteiger partial charge is 0.150 e. The average Bonchev–Trinajstić information content (AvgIpc) is 2.23. The molecule has 1 aromatic carbocycles. The van der Waals surface area contributed by atoms with E-state index < -0.39 is 0 Å². The molecule has 0 heterocycles. The van der Waals surface area contributed by atoms with Gasteiger partial charge in [-0.1, -0.05) is 15.9 Å². The van der Waals surface area contributed by atoms with Crippen molar-refractivity contribution < 1.29 is 14.3 Å². The first-order valence-corrected chi connectivity index (χ1v) is 5.43. The van der Waals surface area contributed by atoms with E-state index in [-0.39, 0.29) is 0 Å². The Morgan fingerprint density at radius 3 is 2.80 bits per heavy atom. The van der Waals surface area contributed by atoms with Gasteiger partial charge < -0.3 is 9.47 Å². The maximum Gasteiger partial charge on any atom is 0.150 e. The Bertz CT molecular complexity index is 326. The van der Waals surface area contributed by atoms with Gasteiger partial charge in [-0.25, -0.2) is 0 Å². The monoisotopic (exact) mass is 272 g/mol. The SMILES string of the molecule is COCCCOc1cc(Br)cc(C=O)c1. The van der Waals surface area contributed by atoms with Crippen LogP contribution in [0, 0.1) is 0 Å². The van der Waals surface area contributed by atoms with Gasteiger partial charge in [0.25, 0.3) is 0 Å². The number of hydrogen-bond donors (Lipinski definition) is 0. The number of methoxy groups -OCH3 is 1. The van der Waals surface area contributed by atoms with E-state index in [0.717, 1.165) is 17.2 Å². The Morgan fingerprint density at radius 1 is 1.33 bits per heavy atom. The summed E-state index contributed by atoms with van der Waals surface area (Å²) in [5, 5.41) is 0. The normalized spacial score (nSPS) is 10.0. The lowest BCUT2D eigenvalue weighted by molar-refractivity contribution is 0.112. The molecule has 1 rings (SSSR count). The van der Waals surface area contributed by atoms with E-state index in [2.05, 4.69) is 15.9 Å². The highest BCUT2D eigenvalue weighted by Gasteiger charge is 1.99. The number of aldehydes is 1. The lowest BCUT2D eigenvalue weighted by Crippen LogP contribution is -2.01. The number of ether oxygens (including phenoxy) is 2. The molecule has 0 unspecified atom stereocenters. The number of halogens is 1. The van der Waals surface area contributed by atoms with Gasteiger partial charge in [0, 0.05) is 30.2 Å². The van der Waals surface area contributed by atoms with Crippen molar-refractivity contribution >= 4 is 22.2 Å². The minimum Gasteiger partial charge on any atom is -0.493 e. The summed E-state index contributed by atoms with van der Waals surface area (Å²) in [4.78, 5) is 10.6. The zero-order valence-corrected chi connectivity index (χ0v) is 10.1. The van der Waals surface area contributed by atoms with Crippen molar-refractivity contribution in [3.8, 4) is 5.75 Å². The van der Waals surface area contributed by atoms with Crippen LogP contribution in [0.5, 0.6) is 5.75 Å². The van der Waals surface area contributed by atoms with Gasteiger partial charge >= 0.3 is 0 Å². The Labute approximate surface area is 97.5 Å². The molecule has 0 aliphatic heterocycles. The molecule has 0 fully saturated rings. The second-order valence-corrected chi connectivity index (χ2v) is 3.95. The Morgan fingerprint density at radius 2 is 2.13 bits per heavy atom. The van der Waals surface area contributed by atoms with E-state index in [1.807, 2.05) is 6.07 Å². The van der Waals surface area contributed by atoms with Crippen molar-refractivity contribution in [3.05, 3.63) is 28.2 Å². The van der Waals surface area contributed by atoms with Crippen LogP contribution in [-0.2, 0) is 4.74 Å². The van der Waals surface area contributed by atoms with Crippen LogP contribution >= 0.6 is 15.9 Å². The fourth-order valence-corrected chi connectivity index (χ4v) is 1.62. The third-order valence-electron chi connectivity index (χ3n) is 1.79. The largest absolute Gasteiger partial charge is 0.493 e. The van der Waals surface area contributed by atoms with Crippen LogP contribution in [-0.4, -0.2) is 26.6 Å². The number of benzene rings is 1. The van der Waals surface area contributed by atoms with E-state index in [0.29, 0.717) is 24.5 Å². The maximum atomic E-state index is 10.6. The molecule has 0 bridgehead atoms. The Kier molecular flexibility index (Phi) is 5.36. The summed E-state index contributed by atoms with van der Waals surface area (Å²) in [5.74, 6) is 0.697. The van der Waals surface area contributed by atoms with Crippen LogP contribution in [0.15, 0.2) is 22.7 Å². The molecular weight excluding hydrogens is 260 g/mol. The van der Waals surface area contributed by atoms with Gasteiger partial charge in [0.05, 0.1) is 6.61 Å². The second kappa shape index (κ2) is 6.58. The fourth-order valence-electron chi connectivity index (χ4n) is 1.13. The molecule has 0 atom stereocenters. The van der Waals surface area contributed by atoms with Crippen molar-refractivity contribution in [2.45, 2.75) is 6.42 Å². The zero-order valence-electron chi connectivity index (χ0n) is 8.53. The maximum absolute atomic E-state index is 10.6. The summed E-state index contributed by atoms with van der Waals surface area (Å²) in [6.07, 6.45) is 1.63. The topological polar surface area (TPSA) is 35.5 Å². The number of hydrogen-bond acceptors (Lipinski definition) is 3. The zero-order chi connectivity index (χ0) is 11.1. The van der Waals surface area contributed by atoms with Gasteiger partial charge in [-0.2, -0.15) is 0 Å². The molecule has 0 aliphatic carbocycles. The summed E-state index contributed by atoms with van der Waals surface area (Å²) >= 11 is 3.31. The van der Waals surface area contributed by atoms with Crippen LogP contribution in [0.1, 0.15) is 16.8 Å². The van der Waals surface area contributed by atoms with E-state index in [1.165, 1.54) is 0 Å². The lowest BCUT2D eigenvalue weighted by atomic mass is 10.2. The first kappa shape index (κ1) is 12.2. The van der Waals surface area contributed by atoms with Gasteiger partial charge in [-0.3, -0.25) is 4.79 Å². The first-order valence-electron chi connectivity index (χ1n) is 4.64. The minimum absolute atomic E-state index is 0.586. The van der Waals surface area contributed by atoms with E-state index in [9.17, 15) is 4.79 Å². The molecule has 0 saturated heterocycles. The highest BCUT2D eigenvalue weighted by atomic mass is 79.9. The van der Waals surface area contributed by atoms with Crippen LogP contribution in [0.4, 0.5) is 0 Å². The minimum atomic E-state index is 0.586. The molecule has 0 radical (unpaired) electrons. The van der Waals surface area contributed by atoms with Crippen molar-refractivity contribution in [2.75, 3.05) is 20.3 Å². The summed E-state index contributed by atoms with van der Waals surface area (Å²) in [5.41, 5.74) is 0.603. The van der Waals surface area contributed by atoms with Gasteiger partial charge in [0.2, 0.25) is 0 Å². The molecule has 82 valence electrons. The molecule has 0 aromatic heterocycles. The first-order chi connectivity index (χ1) is 7.26. The Hall–Kier alpha value is -0.870. The van der Waals surface area contributed by atoms with Crippen LogP contribution < -0.4 is 4.74 Å². The molecule has 1 aromatic rings. The molecule has 3 nitrogen and oxygen atoms in total. The predicted octanol–water partition coefficient (Wildman–Crippen LogP) is 2.68. The van der Waals surface area contributed by atoms with Crippen LogP contribution in [0.25, 0.3) is 0 Å². The van der Waals surface area contributed by atoms with Crippen molar-refractivity contribution in [3.63, 3.8) is 0 Å². The number of carbonyl (C=O) groups is 1. The van der Waals surface area contributed by atoms with Crippen molar-refractivity contribution in [1.29, 1.82) is 0 Å². The van der Waals surface area contributed by atoms with Gasteiger partial charge in [-0.05, 0) is 18.2 Å². The molecule has 4 heteroatoms. The number of rotatable bonds is 6. The molecule has 0 N–H and O–H groups in total. The average molecular weight is 273 g/mol. The quantitative estimate of drug-likeness (QED) is 0.590. The predicted molar refractivity (Wildman–Crippen MR) is 61.5 cm³/mol. The fraction of sp³-hybridized carbons (Fsp3) is 0.364. The highest BCUT2D eigenvalue weighted by molar-refractivity contribution is 9.10. The molecule has 15 heavy (non-hydrogen) atoms. The van der Waals surface area contributed by atoms with Crippen molar-refractivity contribution in [1.82, 2.24) is 0 Å². The van der Waals surface area contributed by atoms with Crippen molar-refractivity contribution in [2.24, 2.45) is 0 Å². The van der Waals surface area contributed by atoms with E-state index in [4.69, 9.17) is 9.47 Å². The van der Waals surface area contributed by atoms with E-state index in [1.54, 1.807) is 19.2 Å². The molecule has 0 saturated carbocycles. The number of carbonyl (C=O) groups excluding carboxylic acids is 1. The molecule has 0 aliphatic rings. The van der Waals surface area contributed by atoms with Gasteiger partial charge in [0.1, 0.15) is 12.0 Å². The molecular formula is C11H13BrO3. The molecule has 0 amide bonds. The standard InChI is InChI=1S/C11H13BrO3/c1-14-3-2-4-15-11-6-9(8-13)5-10(12)7-11/h5-8H,2-4H2,1H3. The summed E-state index contributed by atoms with van der Waals surface area (Å²) in [7, 11) is 1.66. The van der Waals surface area contributed by atoms with Crippen LogP contribution in [0.2, 0.25) is 0 Å². The van der Waals surface area contributed by atoms with E-state index >= 15 is 0 Å². The van der Waals surface area contributed by atoms with Crippen LogP contribution in [0.3, 0.4) is 0 Å². The van der Waals surface area contributed by atoms with Gasteiger partial charge in [-0.15, -0.1) is 0 Å². The highest BCUT2D eigenvalue weighted by Crippen LogP contribution is 2.20. The van der Waals surface area contributed by atoms with Gasteiger partial charge in [0.15, 0.2) is 0 Å². The molecule has 0 spiro atoms. The summed E-state index contributed by atoms with van der Waals surface area (Å²) in [6.45, 7) is 1.26. The summed E-state index contributed by atoms with van der Waals surface area (Å²) in [6, 6.07) is 5.29. The lowest BCUT2D eigenvalue weighted by Gasteiger charge is -2.06. The Balaban J connectivity index is 2.53. The third-order valence-corrected chi connectivity index (χ3v) is 2.25. The third kappa shape index (κ3) is 4.44. The second-order valence-electron chi connectivity index (χ2n) is 3.03. The summed E-state index contributed by atoms with van der Waals surface area (Å²) < 4.78 is 11.2.